The molecule has 2 aromatic rings. The Labute approximate surface area is 171 Å². The third kappa shape index (κ3) is 6.25. The Morgan fingerprint density at radius 3 is 2.24 bits per heavy atom. The summed E-state index contributed by atoms with van der Waals surface area (Å²) in [6.45, 7) is 1.80. The molecule has 0 radical (unpaired) electrons. The zero-order valence-electron chi connectivity index (χ0n) is 15.6. The predicted octanol–water partition coefficient (Wildman–Crippen LogP) is 4.64. The summed E-state index contributed by atoms with van der Waals surface area (Å²) in [4.78, 5) is 25.5. The minimum atomic E-state index is -4.30. The molecule has 1 amide bonds. The van der Waals surface area contributed by atoms with Crippen LogP contribution in [0.1, 0.15) is 28.8 Å². The van der Waals surface area contributed by atoms with E-state index in [4.69, 9.17) is 0 Å². The first-order valence-corrected chi connectivity index (χ1v) is 10.1. The molecule has 154 valence electrons. The summed E-state index contributed by atoms with van der Waals surface area (Å²) in [6.07, 6.45) is 2.26. The van der Waals surface area contributed by atoms with Crippen LogP contribution in [-0.2, 0) is 11.3 Å². The number of hydrogen-bond donors (Lipinski definition) is 1. The van der Waals surface area contributed by atoms with Crippen molar-refractivity contribution >= 4 is 29.6 Å². The second kappa shape index (κ2) is 9.35. The van der Waals surface area contributed by atoms with Crippen molar-refractivity contribution in [3.8, 4) is 0 Å². The van der Waals surface area contributed by atoms with E-state index >= 15 is 0 Å². The van der Waals surface area contributed by atoms with Crippen molar-refractivity contribution in [2.24, 2.45) is 5.92 Å². The van der Waals surface area contributed by atoms with E-state index in [1.807, 2.05) is 12.1 Å². The number of thioether (sulfide) groups is 1. The first-order valence-electron chi connectivity index (χ1n) is 9.26. The molecule has 8 heteroatoms. The molecular formula is C21H21F3N2O2S. The first-order chi connectivity index (χ1) is 13.8. The van der Waals surface area contributed by atoms with Gasteiger partial charge in [0.05, 0.1) is 0 Å². The SMILES string of the molecule is O=Cc1ccc(N2CCC(C(=O)NCc3ccc(SC(F)(F)F)cc3)CC2)cc1. The molecule has 0 aromatic heterocycles. The topological polar surface area (TPSA) is 49.4 Å². The number of anilines is 1. The zero-order chi connectivity index (χ0) is 20.9. The fraction of sp³-hybridized carbons (Fsp3) is 0.333. The smallest absolute Gasteiger partial charge is 0.371 e. The molecule has 1 aliphatic rings. The fourth-order valence-electron chi connectivity index (χ4n) is 3.31. The number of nitrogens with zero attached hydrogens (tertiary/aromatic N) is 1. The molecular weight excluding hydrogens is 401 g/mol. The molecule has 2 aromatic carbocycles. The Bertz CT molecular complexity index is 830. The number of piperidine rings is 1. The molecule has 0 aliphatic carbocycles. The van der Waals surface area contributed by atoms with Crippen molar-refractivity contribution in [1.29, 1.82) is 0 Å². The van der Waals surface area contributed by atoms with E-state index in [1.54, 1.807) is 24.3 Å². The average molecular weight is 422 g/mol. The second-order valence-corrected chi connectivity index (χ2v) is 8.02. The molecule has 1 fully saturated rings. The van der Waals surface area contributed by atoms with Gasteiger partial charge in [0.25, 0.3) is 0 Å². The molecule has 1 saturated heterocycles. The van der Waals surface area contributed by atoms with E-state index in [9.17, 15) is 22.8 Å². The van der Waals surface area contributed by atoms with Gasteiger partial charge in [0.2, 0.25) is 5.91 Å². The van der Waals surface area contributed by atoms with Gasteiger partial charge in [-0.05, 0) is 66.6 Å². The molecule has 0 atom stereocenters. The highest BCUT2D eigenvalue weighted by molar-refractivity contribution is 8.00. The number of carbonyl (C=O) groups excluding carboxylic acids is 2. The van der Waals surface area contributed by atoms with Gasteiger partial charge in [-0.1, -0.05) is 12.1 Å². The zero-order valence-corrected chi connectivity index (χ0v) is 16.4. The highest BCUT2D eigenvalue weighted by Gasteiger charge is 2.29. The number of carbonyl (C=O) groups is 2. The van der Waals surface area contributed by atoms with Crippen LogP contribution in [0.2, 0.25) is 0 Å². The number of nitrogens with one attached hydrogen (secondary N) is 1. The van der Waals surface area contributed by atoms with Crippen LogP contribution >= 0.6 is 11.8 Å². The average Bonchev–Trinajstić information content (AvgIpc) is 2.72. The van der Waals surface area contributed by atoms with Crippen LogP contribution in [0.25, 0.3) is 0 Å². The molecule has 29 heavy (non-hydrogen) atoms. The number of benzene rings is 2. The Morgan fingerprint density at radius 1 is 1.07 bits per heavy atom. The third-order valence-electron chi connectivity index (χ3n) is 4.88. The van der Waals surface area contributed by atoms with Gasteiger partial charge < -0.3 is 10.2 Å². The normalized spacial score (nSPS) is 15.2. The monoisotopic (exact) mass is 422 g/mol. The maximum atomic E-state index is 12.4. The van der Waals surface area contributed by atoms with Crippen molar-refractivity contribution in [3.63, 3.8) is 0 Å². The van der Waals surface area contributed by atoms with Crippen molar-refractivity contribution in [3.05, 3.63) is 59.7 Å². The highest BCUT2D eigenvalue weighted by Crippen LogP contribution is 2.36. The van der Waals surface area contributed by atoms with Gasteiger partial charge >= 0.3 is 5.51 Å². The molecule has 1 N–H and O–H groups in total. The Hall–Kier alpha value is -2.48. The highest BCUT2D eigenvalue weighted by atomic mass is 32.2. The molecule has 0 unspecified atom stereocenters. The van der Waals surface area contributed by atoms with E-state index < -0.39 is 5.51 Å². The third-order valence-corrected chi connectivity index (χ3v) is 5.62. The first kappa shape index (κ1) is 21.2. The second-order valence-electron chi connectivity index (χ2n) is 6.88. The lowest BCUT2D eigenvalue weighted by Gasteiger charge is -2.33. The standard InChI is InChI=1S/C21H21F3N2O2S/c22-21(23,24)29-19-7-3-15(4-8-19)13-25-20(28)17-9-11-26(12-10-17)18-5-1-16(14-27)2-6-18/h1-8,14,17H,9-13H2,(H,25,28). The van der Waals surface area contributed by atoms with Gasteiger partial charge in [-0.25, -0.2) is 0 Å². The van der Waals surface area contributed by atoms with Crippen LogP contribution in [0, 0.1) is 5.92 Å². The number of aldehydes is 1. The lowest BCUT2D eigenvalue weighted by Crippen LogP contribution is -2.40. The van der Waals surface area contributed by atoms with E-state index in [0.29, 0.717) is 12.1 Å². The number of rotatable bonds is 6. The van der Waals surface area contributed by atoms with E-state index in [1.165, 1.54) is 12.1 Å². The van der Waals surface area contributed by atoms with Crippen LogP contribution < -0.4 is 10.2 Å². The molecule has 0 saturated carbocycles. The van der Waals surface area contributed by atoms with E-state index in [0.717, 1.165) is 43.5 Å². The van der Waals surface area contributed by atoms with Gasteiger partial charge in [0.1, 0.15) is 6.29 Å². The van der Waals surface area contributed by atoms with Crippen LogP contribution in [0.3, 0.4) is 0 Å². The molecule has 0 bridgehead atoms. The van der Waals surface area contributed by atoms with Gasteiger partial charge in [0, 0.05) is 41.7 Å². The van der Waals surface area contributed by atoms with Crippen LogP contribution in [-0.4, -0.2) is 30.8 Å². The fourth-order valence-corrected chi connectivity index (χ4v) is 3.85. The van der Waals surface area contributed by atoms with Crippen LogP contribution in [0.4, 0.5) is 18.9 Å². The molecule has 3 rings (SSSR count). The summed E-state index contributed by atoms with van der Waals surface area (Å²) in [5.41, 5.74) is -1.88. The van der Waals surface area contributed by atoms with Crippen molar-refractivity contribution in [2.45, 2.75) is 29.8 Å². The maximum absolute atomic E-state index is 12.4. The van der Waals surface area contributed by atoms with Gasteiger partial charge in [0.15, 0.2) is 0 Å². The van der Waals surface area contributed by atoms with Crippen molar-refractivity contribution in [2.75, 3.05) is 18.0 Å². The predicted molar refractivity (Wildman–Crippen MR) is 107 cm³/mol. The number of amides is 1. The summed E-state index contributed by atoms with van der Waals surface area (Å²) < 4.78 is 37.1. The Morgan fingerprint density at radius 2 is 1.69 bits per heavy atom. The number of halogens is 3. The Balaban J connectivity index is 1.45. The minimum absolute atomic E-state index is 0.0327. The van der Waals surface area contributed by atoms with Gasteiger partial charge in [-0.15, -0.1) is 0 Å². The van der Waals surface area contributed by atoms with Crippen LogP contribution in [0.15, 0.2) is 53.4 Å². The van der Waals surface area contributed by atoms with Crippen molar-refractivity contribution < 1.29 is 22.8 Å². The summed E-state index contributed by atoms with van der Waals surface area (Å²) in [5, 5.41) is 2.88. The van der Waals surface area contributed by atoms with Crippen molar-refractivity contribution in [1.82, 2.24) is 5.32 Å². The molecule has 1 heterocycles. The Kier molecular flexibility index (Phi) is 6.84. The van der Waals surface area contributed by atoms with Gasteiger partial charge in [-0.2, -0.15) is 13.2 Å². The number of alkyl halides is 3. The molecule has 1 aliphatic heterocycles. The van der Waals surface area contributed by atoms with E-state index in [-0.39, 0.29) is 28.5 Å². The summed E-state index contributed by atoms with van der Waals surface area (Å²) in [7, 11) is 0. The van der Waals surface area contributed by atoms with E-state index in [2.05, 4.69) is 10.2 Å². The summed E-state index contributed by atoms with van der Waals surface area (Å²) in [6, 6.07) is 13.4. The maximum Gasteiger partial charge on any atom is 0.446 e. The largest absolute Gasteiger partial charge is 0.446 e. The summed E-state index contributed by atoms with van der Waals surface area (Å²) in [5.74, 6) is -0.116. The van der Waals surface area contributed by atoms with Crippen LogP contribution in [0.5, 0.6) is 0 Å². The molecule has 0 spiro atoms. The number of hydrogen-bond acceptors (Lipinski definition) is 4. The lowest BCUT2D eigenvalue weighted by molar-refractivity contribution is -0.125. The lowest BCUT2D eigenvalue weighted by atomic mass is 9.95. The summed E-state index contributed by atoms with van der Waals surface area (Å²) >= 11 is -0.152. The molecule has 4 nitrogen and oxygen atoms in total. The minimum Gasteiger partial charge on any atom is -0.371 e. The van der Waals surface area contributed by atoms with Gasteiger partial charge in [-0.3, -0.25) is 9.59 Å². The quantitative estimate of drug-likeness (QED) is 0.544.